The fourth-order valence-electron chi connectivity index (χ4n) is 2.55. The first-order valence-electron chi connectivity index (χ1n) is 6.78. The topological polar surface area (TPSA) is 30.0 Å². The Morgan fingerprint density at radius 1 is 1.32 bits per heavy atom. The number of aromatic nitrogens is 1. The van der Waals surface area contributed by atoms with Crippen LogP contribution in [0.4, 0.5) is 0 Å². The Labute approximate surface area is 121 Å². The van der Waals surface area contributed by atoms with Crippen molar-refractivity contribution in [3.63, 3.8) is 0 Å². The molecule has 2 aromatic heterocycles. The van der Waals surface area contributed by atoms with Gasteiger partial charge in [0.05, 0.1) is 22.0 Å². The molecule has 100 valence electrons. The van der Waals surface area contributed by atoms with E-state index in [1.807, 2.05) is 12.3 Å². The molecule has 4 heteroatoms. The first kappa shape index (κ1) is 13.0. The van der Waals surface area contributed by atoms with Gasteiger partial charge in [-0.05, 0) is 44.2 Å². The average Bonchev–Trinajstić information content (AvgIpc) is 2.91. The van der Waals surface area contributed by atoms with Gasteiger partial charge < -0.3 is 0 Å². The van der Waals surface area contributed by atoms with Crippen LogP contribution in [0.3, 0.4) is 0 Å². The number of hydrogen-bond donors (Lipinski definition) is 0. The van der Waals surface area contributed by atoms with Crippen LogP contribution in [-0.2, 0) is 19.3 Å². The van der Waals surface area contributed by atoms with Gasteiger partial charge in [-0.15, -0.1) is 22.7 Å². The number of thiazole rings is 1. The van der Waals surface area contributed by atoms with Crippen molar-refractivity contribution in [2.75, 3.05) is 0 Å². The number of Topliss-reactive ketones (excluding diaryl/α,β-unsaturated/α-hetero) is 1. The maximum absolute atomic E-state index is 12.3. The summed E-state index contributed by atoms with van der Waals surface area (Å²) in [6, 6.07) is 2.13. The van der Waals surface area contributed by atoms with Crippen molar-refractivity contribution in [3.8, 4) is 0 Å². The quantitative estimate of drug-likeness (QED) is 0.626. The van der Waals surface area contributed by atoms with Crippen LogP contribution in [0.2, 0.25) is 0 Å². The maximum Gasteiger partial charge on any atom is 0.178 e. The number of fused-ring (bicyclic) bond motifs is 1. The molecule has 0 unspecified atom stereocenters. The van der Waals surface area contributed by atoms with E-state index < -0.39 is 0 Å². The molecule has 0 atom stereocenters. The Kier molecular flexibility index (Phi) is 3.80. The number of rotatable bonds is 3. The van der Waals surface area contributed by atoms with E-state index in [0.29, 0.717) is 6.42 Å². The minimum absolute atomic E-state index is 0.225. The lowest BCUT2D eigenvalue weighted by molar-refractivity contribution is 0.0996. The second kappa shape index (κ2) is 5.55. The third-order valence-electron chi connectivity index (χ3n) is 3.53. The number of hydrogen-bond acceptors (Lipinski definition) is 4. The normalized spacial score (nSPS) is 15.0. The van der Waals surface area contributed by atoms with E-state index in [9.17, 15) is 4.79 Å². The summed E-state index contributed by atoms with van der Waals surface area (Å²) < 4.78 is 0. The average molecular weight is 291 g/mol. The first-order valence-corrected chi connectivity index (χ1v) is 8.48. The maximum atomic E-state index is 12.3. The summed E-state index contributed by atoms with van der Waals surface area (Å²) in [6.45, 7) is 1.98. The Morgan fingerprint density at radius 2 is 2.16 bits per heavy atom. The Morgan fingerprint density at radius 3 is 2.95 bits per heavy atom. The van der Waals surface area contributed by atoms with Crippen LogP contribution in [0.25, 0.3) is 0 Å². The number of nitrogens with zero attached hydrogens (tertiary/aromatic N) is 1. The predicted molar refractivity (Wildman–Crippen MR) is 80.5 cm³/mol. The van der Waals surface area contributed by atoms with Crippen LogP contribution < -0.4 is 0 Å². The second-order valence-electron chi connectivity index (χ2n) is 5.08. The lowest BCUT2D eigenvalue weighted by Crippen LogP contribution is -2.01. The summed E-state index contributed by atoms with van der Waals surface area (Å²) in [6.07, 6.45) is 6.61. The summed E-state index contributed by atoms with van der Waals surface area (Å²) in [5.41, 5.74) is 2.33. The van der Waals surface area contributed by atoms with Gasteiger partial charge in [-0.1, -0.05) is 6.42 Å². The molecule has 2 nitrogen and oxygen atoms in total. The molecule has 2 heterocycles. The lowest BCUT2D eigenvalue weighted by Gasteiger charge is -1.95. The predicted octanol–water partition coefficient (Wildman–Crippen LogP) is 4.21. The van der Waals surface area contributed by atoms with Crippen LogP contribution in [0.1, 0.15) is 50.1 Å². The number of thiophene rings is 1. The fraction of sp³-hybridized carbons (Fsp3) is 0.467. The minimum atomic E-state index is 0.225. The Hall–Kier alpha value is -1.00. The van der Waals surface area contributed by atoms with Gasteiger partial charge >= 0.3 is 0 Å². The van der Waals surface area contributed by atoms with Gasteiger partial charge in [-0.2, -0.15) is 0 Å². The van der Waals surface area contributed by atoms with Gasteiger partial charge in [-0.3, -0.25) is 4.79 Å². The van der Waals surface area contributed by atoms with Gasteiger partial charge in [0, 0.05) is 10.3 Å². The van der Waals surface area contributed by atoms with E-state index >= 15 is 0 Å². The van der Waals surface area contributed by atoms with E-state index in [-0.39, 0.29) is 5.78 Å². The summed E-state index contributed by atoms with van der Waals surface area (Å²) >= 11 is 3.32. The molecule has 0 aliphatic heterocycles. The smallest absolute Gasteiger partial charge is 0.178 e. The molecule has 0 bridgehead atoms. The van der Waals surface area contributed by atoms with Gasteiger partial charge in [-0.25, -0.2) is 4.98 Å². The molecule has 0 radical (unpaired) electrons. The molecular weight excluding hydrogens is 274 g/mol. The van der Waals surface area contributed by atoms with Crippen LogP contribution in [0, 0.1) is 6.92 Å². The minimum Gasteiger partial charge on any atom is -0.293 e. The molecule has 0 saturated carbocycles. The van der Waals surface area contributed by atoms with Crippen LogP contribution in [-0.4, -0.2) is 10.8 Å². The third-order valence-corrected chi connectivity index (χ3v) is 5.63. The third kappa shape index (κ3) is 2.95. The molecular formula is C15H17NOS2. The molecule has 2 aromatic rings. The molecule has 0 aromatic carbocycles. The van der Waals surface area contributed by atoms with Crippen LogP contribution in [0.15, 0.2) is 11.4 Å². The highest BCUT2D eigenvalue weighted by Gasteiger charge is 2.17. The summed E-state index contributed by atoms with van der Waals surface area (Å²) in [7, 11) is 0. The molecule has 19 heavy (non-hydrogen) atoms. The van der Waals surface area contributed by atoms with Crippen molar-refractivity contribution >= 4 is 28.5 Å². The number of carbonyl (C=O) groups excluding carboxylic acids is 1. The zero-order valence-corrected chi connectivity index (χ0v) is 12.7. The zero-order valence-electron chi connectivity index (χ0n) is 11.1. The Balaban J connectivity index is 1.76. The van der Waals surface area contributed by atoms with Crippen LogP contribution >= 0.6 is 22.7 Å². The Bertz CT molecular complexity index is 574. The molecule has 1 aliphatic carbocycles. The lowest BCUT2D eigenvalue weighted by atomic mass is 10.1. The van der Waals surface area contributed by atoms with Crippen molar-refractivity contribution < 1.29 is 4.79 Å². The molecule has 0 fully saturated rings. The van der Waals surface area contributed by atoms with Crippen molar-refractivity contribution in [3.05, 3.63) is 37.5 Å². The highest BCUT2D eigenvalue weighted by molar-refractivity contribution is 7.14. The van der Waals surface area contributed by atoms with Gasteiger partial charge in [0.25, 0.3) is 0 Å². The highest BCUT2D eigenvalue weighted by atomic mass is 32.1. The number of ketones is 1. The molecule has 1 aliphatic rings. The van der Waals surface area contributed by atoms with Crippen molar-refractivity contribution in [1.82, 2.24) is 4.98 Å². The van der Waals surface area contributed by atoms with E-state index in [1.165, 1.54) is 29.7 Å². The number of carbonyl (C=O) groups is 1. The highest BCUT2D eigenvalue weighted by Crippen LogP contribution is 2.29. The largest absolute Gasteiger partial charge is 0.293 e. The van der Waals surface area contributed by atoms with E-state index in [2.05, 4.69) is 11.1 Å². The monoisotopic (exact) mass is 291 g/mol. The van der Waals surface area contributed by atoms with E-state index in [4.69, 9.17) is 0 Å². The molecule has 0 N–H and O–H groups in total. The fourth-order valence-corrected chi connectivity index (χ4v) is 4.35. The molecule has 3 rings (SSSR count). The standard InChI is InChI=1S/C15H17NOS2/c1-10-16-12(9-18-10)8-13(17)15-7-11-5-3-2-4-6-14(11)19-15/h7,9H,2-6,8H2,1H3. The van der Waals surface area contributed by atoms with Gasteiger partial charge in [0.2, 0.25) is 0 Å². The second-order valence-corrected chi connectivity index (χ2v) is 7.28. The summed E-state index contributed by atoms with van der Waals surface area (Å²) in [4.78, 5) is 19.0. The molecule has 0 amide bonds. The molecule has 0 saturated heterocycles. The van der Waals surface area contributed by atoms with Gasteiger partial charge in [0.1, 0.15) is 0 Å². The van der Waals surface area contributed by atoms with Crippen LogP contribution in [0.5, 0.6) is 0 Å². The summed E-state index contributed by atoms with van der Waals surface area (Å²) in [5, 5.41) is 3.02. The van der Waals surface area contributed by atoms with E-state index in [1.54, 1.807) is 22.7 Å². The van der Waals surface area contributed by atoms with Gasteiger partial charge in [0.15, 0.2) is 5.78 Å². The number of aryl methyl sites for hydroxylation is 3. The van der Waals surface area contributed by atoms with Crippen molar-refractivity contribution in [2.24, 2.45) is 0 Å². The SMILES string of the molecule is Cc1nc(CC(=O)c2cc3c(s2)CCCCC3)cs1. The molecule has 0 spiro atoms. The summed E-state index contributed by atoms with van der Waals surface area (Å²) in [5.74, 6) is 0.225. The van der Waals surface area contributed by atoms with Crippen molar-refractivity contribution in [2.45, 2.75) is 45.4 Å². The zero-order chi connectivity index (χ0) is 13.2. The van der Waals surface area contributed by atoms with E-state index in [0.717, 1.165) is 28.4 Å². The first-order chi connectivity index (χ1) is 9.22. The van der Waals surface area contributed by atoms with Crippen molar-refractivity contribution in [1.29, 1.82) is 0 Å².